The number of aromatic nitrogens is 3. The van der Waals surface area contributed by atoms with E-state index in [9.17, 15) is 0 Å². The Morgan fingerprint density at radius 3 is 2.54 bits per heavy atom. The third-order valence-corrected chi connectivity index (χ3v) is 4.73. The quantitative estimate of drug-likeness (QED) is 0.520. The summed E-state index contributed by atoms with van der Waals surface area (Å²) in [5.74, 6) is 0.846. The molecular formula is C23H25N5. The van der Waals surface area contributed by atoms with Gasteiger partial charge in [-0.1, -0.05) is 54.1 Å². The van der Waals surface area contributed by atoms with Crippen molar-refractivity contribution in [2.45, 2.75) is 20.0 Å². The molecule has 0 atom stereocenters. The topological polar surface area (TPSA) is 56.8 Å². The number of nitrogens with one attached hydrogen (secondary N) is 2. The van der Waals surface area contributed by atoms with Crippen molar-refractivity contribution in [1.29, 1.82) is 0 Å². The summed E-state index contributed by atoms with van der Waals surface area (Å²) in [6, 6.07) is 19.2. The van der Waals surface area contributed by atoms with E-state index in [-0.39, 0.29) is 0 Å². The fourth-order valence-electron chi connectivity index (χ4n) is 3.40. The van der Waals surface area contributed by atoms with E-state index in [1.807, 2.05) is 0 Å². The fourth-order valence-corrected chi connectivity index (χ4v) is 3.40. The van der Waals surface area contributed by atoms with Gasteiger partial charge in [-0.05, 0) is 43.8 Å². The van der Waals surface area contributed by atoms with Crippen molar-refractivity contribution in [3.05, 3.63) is 77.6 Å². The first kappa shape index (κ1) is 18.2. The Morgan fingerprint density at radius 2 is 1.79 bits per heavy atom. The standard InChI is InChI=1S/C23H25N5/c1-16-5-4-6-18(11-16)13-24-22-20-12-21(27-23(20)26-15-25-22)19-9-7-17(8-10-19)14-28(2)3/h4-12,15H,13-14H2,1-3H3,(H2,24,25,26,27). The SMILES string of the molecule is Cc1cccc(CNc2ncnc3[nH]c(-c4ccc(CN(C)C)cc4)cc23)c1. The number of aromatic amines is 1. The number of benzene rings is 2. The van der Waals surface area contributed by atoms with Crippen LogP contribution in [0.5, 0.6) is 0 Å². The summed E-state index contributed by atoms with van der Waals surface area (Å²) in [6.07, 6.45) is 1.60. The molecule has 5 heteroatoms. The van der Waals surface area contributed by atoms with E-state index in [0.29, 0.717) is 0 Å². The van der Waals surface area contributed by atoms with E-state index < -0.39 is 0 Å². The van der Waals surface area contributed by atoms with Gasteiger partial charge in [-0.15, -0.1) is 0 Å². The van der Waals surface area contributed by atoms with Gasteiger partial charge in [-0.25, -0.2) is 9.97 Å². The summed E-state index contributed by atoms with van der Waals surface area (Å²) in [7, 11) is 4.16. The second kappa shape index (κ2) is 7.82. The van der Waals surface area contributed by atoms with Gasteiger partial charge >= 0.3 is 0 Å². The van der Waals surface area contributed by atoms with Gasteiger partial charge in [0.2, 0.25) is 0 Å². The van der Waals surface area contributed by atoms with Crippen LogP contribution in [0.25, 0.3) is 22.3 Å². The van der Waals surface area contributed by atoms with Crippen LogP contribution in [0.3, 0.4) is 0 Å². The van der Waals surface area contributed by atoms with Gasteiger partial charge in [-0.3, -0.25) is 0 Å². The Bertz CT molecular complexity index is 1080. The number of hydrogen-bond donors (Lipinski definition) is 2. The van der Waals surface area contributed by atoms with Gasteiger partial charge < -0.3 is 15.2 Å². The lowest BCUT2D eigenvalue weighted by atomic mass is 10.1. The molecule has 2 aromatic carbocycles. The highest BCUT2D eigenvalue weighted by Crippen LogP contribution is 2.27. The van der Waals surface area contributed by atoms with Crippen molar-refractivity contribution in [2.75, 3.05) is 19.4 Å². The molecule has 0 aliphatic heterocycles. The molecule has 28 heavy (non-hydrogen) atoms. The van der Waals surface area contributed by atoms with E-state index in [4.69, 9.17) is 0 Å². The zero-order chi connectivity index (χ0) is 19.5. The van der Waals surface area contributed by atoms with Crippen molar-refractivity contribution in [1.82, 2.24) is 19.9 Å². The maximum atomic E-state index is 4.45. The molecule has 0 aliphatic rings. The fraction of sp³-hybridized carbons (Fsp3) is 0.217. The van der Waals surface area contributed by atoms with Crippen molar-refractivity contribution in [2.24, 2.45) is 0 Å². The smallest absolute Gasteiger partial charge is 0.143 e. The molecule has 2 aromatic heterocycles. The van der Waals surface area contributed by atoms with Gasteiger partial charge in [0.05, 0.1) is 5.39 Å². The second-order valence-electron chi connectivity index (χ2n) is 7.44. The third-order valence-electron chi connectivity index (χ3n) is 4.73. The first-order valence-corrected chi connectivity index (χ1v) is 9.46. The number of aryl methyl sites for hydroxylation is 1. The van der Waals surface area contributed by atoms with E-state index in [0.717, 1.165) is 41.2 Å². The minimum Gasteiger partial charge on any atom is -0.365 e. The number of rotatable bonds is 6. The molecule has 0 unspecified atom stereocenters. The van der Waals surface area contributed by atoms with Crippen LogP contribution in [-0.2, 0) is 13.1 Å². The molecule has 2 N–H and O–H groups in total. The van der Waals surface area contributed by atoms with E-state index >= 15 is 0 Å². The highest BCUT2D eigenvalue weighted by Gasteiger charge is 2.09. The molecule has 2 heterocycles. The van der Waals surface area contributed by atoms with E-state index in [1.54, 1.807) is 6.33 Å². The summed E-state index contributed by atoms with van der Waals surface area (Å²) in [5, 5.41) is 4.45. The van der Waals surface area contributed by atoms with Crippen molar-refractivity contribution < 1.29 is 0 Å². The third kappa shape index (κ3) is 4.05. The van der Waals surface area contributed by atoms with Gasteiger partial charge in [0.25, 0.3) is 0 Å². The zero-order valence-corrected chi connectivity index (χ0v) is 16.5. The number of nitrogens with zero attached hydrogens (tertiary/aromatic N) is 3. The number of anilines is 1. The molecule has 4 rings (SSSR count). The summed E-state index contributed by atoms with van der Waals surface area (Å²) < 4.78 is 0. The summed E-state index contributed by atoms with van der Waals surface area (Å²) in [6.45, 7) is 3.77. The summed E-state index contributed by atoms with van der Waals surface area (Å²) in [5.41, 5.74) is 6.82. The van der Waals surface area contributed by atoms with E-state index in [2.05, 4.69) is 101 Å². The van der Waals surface area contributed by atoms with E-state index in [1.165, 1.54) is 16.7 Å². The van der Waals surface area contributed by atoms with Gasteiger partial charge in [0, 0.05) is 18.8 Å². The molecule has 0 radical (unpaired) electrons. The highest BCUT2D eigenvalue weighted by atomic mass is 15.0. The lowest BCUT2D eigenvalue weighted by Gasteiger charge is -2.09. The van der Waals surface area contributed by atoms with Crippen LogP contribution < -0.4 is 5.32 Å². The molecule has 142 valence electrons. The normalized spacial score (nSPS) is 11.3. The largest absolute Gasteiger partial charge is 0.365 e. The molecule has 0 saturated carbocycles. The maximum absolute atomic E-state index is 4.45. The average molecular weight is 371 g/mol. The van der Waals surface area contributed by atoms with Crippen molar-refractivity contribution in [3.8, 4) is 11.3 Å². The Morgan fingerprint density at radius 1 is 0.964 bits per heavy atom. The number of hydrogen-bond acceptors (Lipinski definition) is 4. The lowest BCUT2D eigenvalue weighted by Crippen LogP contribution is -2.10. The number of H-pyrrole nitrogens is 1. The minimum atomic E-state index is 0.730. The molecule has 5 nitrogen and oxygen atoms in total. The Kier molecular flexibility index (Phi) is 5.08. The van der Waals surface area contributed by atoms with Crippen LogP contribution in [0, 0.1) is 6.92 Å². The van der Waals surface area contributed by atoms with Crippen LogP contribution in [0.4, 0.5) is 5.82 Å². The second-order valence-corrected chi connectivity index (χ2v) is 7.44. The lowest BCUT2D eigenvalue weighted by molar-refractivity contribution is 0.402. The molecule has 0 amide bonds. The Hall–Kier alpha value is -3.18. The van der Waals surface area contributed by atoms with Gasteiger partial charge in [0.1, 0.15) is 17.8 Å². The molecule has 0 aliphatic carbocycles. The molecule has 4 aromatic rings. The minimum absolute atomic E-state index is 0.730. The van der Waals surface area contributed by atoms with Crippen LogP contribution in [-0.4, -0.2) is 33.9 Å². The molecule has 0 saturated heterocycles. The van der Waals surface area contributed by atoms with Gasteiger partial charge in [0.15, 0.2) is 0 Å². The Balaban J connectivity index is 1.58. The maximum Gasteiger partial charge on any atom is 0.143 e. The van der Waals surface area contributed by atoms with Gasteiger partial charge in [-0.2, -0.15) is 0 Å². The van der Waals surface area contributed by atoms with Crippen LogP contribution in [0.1, 0.15) is 16.7 Å². The zero-order valence-electron chi connectivity index (χ0n) is 16.5. The molecule has 0 fully saturated rings. The Labute approximate surface area is 165 Å². The first-order chi connectivity index (χ1) is 13.6. The molecule has 0 spiro atoms. The predicted molar refractivity (Wildman–Crippen MR) is 115 cm³/mol. The van der Waals surface area contributed by atoms with Crippen molar-refractivity contribution in [3.63, 3.8) is 0 Å². The monoisotopic (exact) mass is 371 g/mol. The van der Waals surface area contributed by atoms with Crippen LogP contribution in [0.15, 0.2) is 60.9 Å². The van der Waals surface area contributed by atoms with Crippen molar-refractivity contribution >= 4 is 16.9 Å². The summed E-state index contributed by atoms with van der Waals surface area (Å²) >= 11 is 0. The highest BCUT2D eigenvalue weighted by molar-refractivity contribution is 5.91. The summed E-state index contributed by atoms with van der Waals surface area (Å²) in [4.78, 5) is 14.4. The molecular weight excluding hydrogens is 346 g/mol. The van der Waals surface area contributed by atoms with Crippen LogP contribution >= 0.6 is 0 Å². The first-order valence-electron chi connectivity index (χ1n) is 9.46. The predicted octanol–water partition coefficient (Wildman–Crippen LogP) is 4.61. The number of fused-ring (bicyclic) bond motifs is 1. The molecule has 0 bridgehead atoms. The average Bonchev–Trinajstić information content (AvgIpc) is 3.11. The van der Waals surface area contributed by atoms with Crippen LogP contribution in [0.2, 0.25) is 0 Å².